The Labute approximate surface area is 154 Å². The van der Waals surface area contributed by atoms with Crippen molar-refractivity contribution in [2.24, 2.45) is 0 Å². The highest BCUT2D eigenvalue weighted by atomic mass is 32.1. The first-order valence-corrected chi connectivity index (χ1v) is 9.59. The van der Waals surface area contributed by atoms with E-state index in [1.54, 1.807) is 11.3 Å². The lowest BCUT2D eigenvalue weighted by Gasteiger charge is -2.22. The van der Waals surface area contributed by atoms with Crippen molar-refractivity contribution in [2.75, 3.05) is 6.54 Å². The first-order valence-electron chi connectivity index (χ1n) is 8.78. The Hall–Kier alpha value is -2.73. The molecule has 130 valence electrons. The summed E-state index contributed by atoms with van der Waals surface area (Å²) < 4.78 is 6.50. The minimum absolute atomic E-state index is 0.0677. The standard InChI is InChI=1S/C20H17N3O2S/c24-19(12-15-13-6-1-3-9-17(13)25-22-15)23-11-5-8-16(23)20-21-14-7-2-4-10-18(14)26-20/h1-4,6-7,9-10,16H,5,8,11-12H2. The molecular formula is C20H17N3O2S. The van der Waals surface area contributed by atoms with E-state index in [9.17, 15) is 4.79 Å². The average molecular weight is 363 g/mol. The van der Waals surface area contributed by atoms with E-state index in [0.717, 1.165) is 40.9 Å². The third-order valence-corrected chi connectivity index (χ3v) is 6.08. The molecule has 6 heteroatoms. The molecule has 0 radical (unpaired) electrons. The van der Waals surface area contributed by atoms with Crippen LogP contribution in [0.5, 0.6) is 0 Å². The van der Waals surface area contributed by atoms with Crippen LogP contribution in [0.4, 0.5) is 0 Å². The van der Waals surface area contributed by atoms with Gasteiger partial charge in [0.15, 0.2) is 5.58 Å². The number of aromatic nitrogens is 2. The summed E-state index contributed by atoms with van der Waals surface area (Å²) in [6.45, 7) is 0.773. The molecule has 0 N–H and O–H groups in total. The van der Waals surface area contributed by atoms with E-state index in [0.29, 0.717) is 5.69 Å². The van der Waals surface area contributed by atoms with Gasteiger partial charge in [-0.2, -0.15) is 0 Å². The van der Waals surface area contributed by atoms with Gasteiger partial charge in [-0.3, -0.25) is 4.79 Å². The second kappa shape index (κ2) is 6.21. The van der Waals surface area contributed by atoms with Crippen molar-refractivity contribution in [1.82, 2.24) is 15.0 Å². The minimum atomic E-state index is 0.0677. The lowest BCUT2D eigenvalue weighted by atomic mass is 10.1. The number of carbonyl (C=O) groups is 1. The number of benzene rings is 2. The van der Waals surface area contributed by atoms with E-state index in [2.05, 4.69) is 11.2 Å². The number of amides is 1. The molecule has 0 aliphatic carbocycles. The van der Waals surface area contributed by atoms with Gasteiger partial charge in [-0.25, -0.2) is 4.98 Å². The fraction of sp³-hybridized carbons (Fsp3) is 0.250. The zero-order chi connectivity index (χ0) is 17.5. The van der Waals surface area contributed by atoms with Gasteiger partial charge in [0.2, 0.25) is 5.91 Å². The highest BCUT2D eigenvalue weighted by Gasteiger charge is 2.32. The number of rotatable bonds is 3. The molecule has 2 aromatic heterocycles. The quantitative estimate of drug-likeness (QED) is 0.543. The smallest absolute Gasteiger partial charge is 0.229 e. The van der Waals surface area contributed by atoms with Gasteiger partial charge in [0, 0.05) is 11.9 Å². The van der Waals surface area contributed by atoms with Crippen LogP contribution in [0.15, 0.2) is 53.1 Å². The number of carbonyl (C=O) groups excluding carboxylic acids is 1. The molecule has 0 bridgehead atoms. The predicted octanol–water partition coefficient (Wildman–Crippen LogP) is 4.34. The van der Waals surface area contributed by atoms with Gasteiger partial charge in [0.1, 0.15) is 10.7 Å². The Kier molecular flexibility index (Phi) is 3.71. The Morgan fingerprint density at radius 3 is 2.96 bits per heavy atom. The summed E-state index contributed by atoms with van der Waals surface area (Å²) >= 11 is 1.69. The van der Waals surface area contributed by atoms with Crippen molar-refractivity contribution in [3.05, 3.63) is 59.2 Å². The van der Waals surface area contributed by atoms with Crippen molar-refractivity contribution in [2.45, 2.75) is 25.3 Å². The molecule has 1 fully saturated rings. The topological polar surface area (TPSA) is 59.2 Å². The average Bonchev–Trinajstić information content (AvgIpc) is 3.39. The molecule has 0 spiro atoms. The van der Waals surface area contributed by atoms with E-state index >= 15 is 0 Å². The summed E-state index contributed by atoms with van der Waals surface area (Å²) in [7, 11) is 0. The maximum absolute atomic E-state index is 13.0. The highest BCUT2D eigenvalue weighted by molar-refractivity contribution is 7.18. The summed E-state index contributed by atoms with van der Waals surface area (Å²) in [5.41, 5.74) is 2.44. The molecule has 2 aromatic carbocycles. The number of likely N-dealkylation sites (tertiary alicyclic amines) is 1. The zero-order valence-corrected chi connectivity index (χ0v) is 14.9. The van der Waals surface area contributed by atoms with E-state index < -0.39 is 0 Å². The van der Waals surface area contributed by atoms with Gasteiger partial charge in [-0.1, -0.05) is 29.4 Å². The van der Waals surface area contributed by atoms with E-state index in [4.69, 9.17) is 9.51 Å². The molecule has 1 amide bonds. The largest absolute Gasteiger partial charge is 0.356 e. The number of fused-ring (bicyclic) bond motifs is 2. The van der Waals surface area contributed by atoms with Gasteiger partial charge >= 0.3 is 0 Å². The molecule has 1 atom stereocenters. The number of thiazole rings is 1. The summed E-state index contributed by atoms with van der Waals surface area (Å²) in [6.07, 6.45) is 2.23. The molecular weight excluding hydrogens is 346 g/mol. The van der Waals surface area contributed by atoms with Crippen LogP contribution in [0.2, 0.25) is 0 Å². The van der Waals surface area contributed by atoms with Crippen LogP contribution in [0.1, 0.15) is 29.6 Å². The summed E-state index contributed by atoms with van der Waals surface area (Å²) in [5.74, 6) is 0.0887. The number of hydrogen-bond donors (Lipinski definition) is 0. The van der Waals surface area contributed by atoms with Gasteiger partial charge in [-0.05, 0) is 37.1 Å². The molecule has 3 heterocycles. The normalized spacial score (nSPS) is 17.4. The SMILES string of the molecule is O=C(Cc1noc2ccccc12)N1CCCC1c1nc2ccccc2s1. The molecule has 5 nitrogen and oxygen atoms in total. The van der Waals surface area contributed by atoms with Crippen molar-refractivity contribution in [1.29, 1.82) is 0 Å². The maximum atomic E-state index is 13.0. The fourth-order valence-corrected chi connectivity index (χ4v) is 4.78. The highest BCUT2D eigenvalue weighted by Crippen LogP contribution is 2.36. The van der Waals surface area contributed by atoms with Crippen LogP contribution < -0.4 is 0 Å². The number of hydrogen-bond acceptors (Lipinski definition) is 5. The van der Waals surface area contributed by atoms with Crippen LogP contribution in [-0.4, -0.2) is 27.5 Å². The van der Waals surface area contributed by atoms with Crippen LogP contribution in [0, 0.1) is 0 Å². The second-order valence-electron chi connectivity index (χ2n) is 6.57. The maximum Gasteiger partial charge on any atom is 0.229 e. The molecule has 1 aliphatic rings. The number of nitrogens with zero attached hydrogens (tertiary/aromatic N) is 3. The lowest BCUT2D eigenvalue weighted by molar-refractivity contribution is -0.131. The van der Waals surface area contributed by atoms with E-state index in [1.165, 1.54) is 4.70 Å². The molecule has 0 saturated carbocycles. The van der Waals surface area contributed by atoms with Crippen molar-refractivity contribution in [3.63, 3.8) is 0 Å². The molecule has 1 unspecified atom stereocenters. The number of para-hydroxylation sites is 2. The zero-order valence-electron chi connectivity index (χ0n) is 14.1. The van der Waals surface area contributed by atoms with Crippen molar-refractivity contribution < 1.29 is 9.32 Å². The molecule has 5 rings (SSSR count). The molecule has 4 aromatic rings. The van der Waals surface area contributed by atoms with Crippen LogP contribution >= 0.6 is 11.3 Å². The first-order chi connectivity index (χ1) is 12.8. The van der Waals surface area contributed by atoms with Gasteiger partial charge in [-0.15, -0.1) is 11.3 Å². The summed E-state index contributed by atoms with van der Waals surface area (Å²) in [5, 5.41) is 6.05. The van der Waals surface area contributed by atoms with E-state index in [1.807, 2.05) is 47.4 Å². The van der Waals surface area contributed by atoms with Crippen LogP contribution in [0.25, 0.3) is 21.2 Å². The lowest BCUT2D eigenvalue weighted by Crippen LogP contribution is -2.31. The third-order valence-electron chi connectivity index (χ3n) is 4.94. The Balaban J connectivity index is 1.42. The van der Waals surface area contributed by atoms with E-state index in [-0.39, 0.29) is 18.4 Å². The molecule has 26 heavy (non-hydrogen) atoms. The van der Waals surface area contributed by atoms with Crippen molar-refractivity contribution in [3.8, 4) is 0 Å². The van der Waals surface area contributed by atoms with Crippen molar-refractivity contribution >= 4 is 38.4 Å². The summed E-state index contributed by atoms with van der Waals surface area (Å²) in [4.78, 5) is 19.7. The van der Waals surface area contributed by atoms with Gasteiger partial charge in [0.25, 0.3) is 0 Å². The fourth-order valence-electron chi connectivity index (χ4n) is 3.66. The third kappa shape index (κ3) is 2.57. The van der Waals surface area contributed by atoms with Gasteiger partial charge in [0.05, 0.1) is 22.7 Å². The van der Waals surface area contributed by atoms with Gasteiger partial charge < -0.3 is 9.42 Å². The minimum Gasteiger partial charge on any atom is -0.356 e. The first kappa shape index (κ1) is 15.5. The predicted molar refractivity (Wildman–Crippen MR) is 101 cm³/mol. The van der Waals surface area contributed by atoms with Crippen LogP contribution in [0.3, 0.4) is 0 Å². The van der Waals surface area contributed by atoms with Crippen LogP contribution in [-0.2, 0) is 11.2 Å². The Bertz CT molecular complexity index is 1070. The monoisotopic (exact) mass is 363 g/mol. The molecule has 1 aliphatic heterocycles. The molecule has 1 saturated heterocycles. The summed E-state index contributed by atoms with van der Waals surface area (Å²) in [6, 6.07) is 15.9. The Morgan fingerprint density at radius 1 is 1.19 bits per heavy atom. The Morgan fingerprint density at radius 2 is 2.04 bits per heavy atom. The second-order valence-corrected chi connectivity index (χ2v) is 7.63.